The molecule has 1 aliphatic rings. The Hall–Kier alpha value is -1.65. The zero-order valence-electron chi connectivity index (χ0n) is 13.1. The Morgan fingerprint density at radius 2 is 2.09 bits per heavy atom. The van der Waals surface area contributed by atoms with Gasteiger partial charge in [-0.3, -0.25) is 4.79 Å². The Morgan fingerprint density at radius 1 is 1.27 bits per heavy atom. The van der Waals surface area contributed by atoms with E-state index in [-0.39, 0.29) is 11.9 Å². The van der Waals surface area contributed by atoms with E-state index in [2.05, 4.69) is 39.9 Å². The van der Waals surface area contributed by atoms with E-state index in [1.165, 1.54) is 22.4 Å². The van der Waals surface area contributed by atoms with Crippen molar-refractivity contribution in [3.8, 4) is 0 Å². The minimum absolute atomic E-state index is 0.0260. The number of aryl methyl sites for hydroxylation is 2. The second-order valence-corrected chi connectivity index (χ2v) is 7.02. The monoisotopic (exact) mass is 314 g/mol. The number of carbonyl (C=O) groups is 1. The lowest BCUT2D eigenvalue weighted by atomic mass is 10.1. The zero-order chi connectivity index (χ0) is 15.5. The second-order valence-electron chi connectivity index (χ2n) is 6.04. The van der Waals surface area contributed by atoms with Crippen LogP contribution < -0.4 is 5.32 Å². The van der Waals surface area contributed by atoms with Gasteiger partial charge in [-0.2, -0.15) is 0 Å². The number of benzene rings is 1. The summed E-state index contributed by atoms with van der Waals surface area (Å²) in [6, 6.07) is 10.5. The summed E-state index contributed by atoms with van der Waals surface area (Å²) < 4.78 is 0. The van der Waals surface area contributed by atoms with Gasteiger partial charge in [-0.25, -0.2) is 0 Å². The molecule has 2 aromatic rings. The van der Waals surface area contributed by atoms with Crippen molar-refractivity contribution in [1.29, 1.82) is 0 Å². The smallest absolute Gasteiger partial charge is 0.251 e. The average molecular weight is 314 g/mol. The number of carbonyl (C=O) groups excluding carboxylic acids is 1. The Morgan fingerprint density at radius 3 is 2.82 bits per heavy atom. The van der Waals surface area contributed by atoms with Crippen molar-refractivity contribution in [1.82, 2.24) is 10.2 Å². The first-order valence-corrected chi connectivity index (χ1v) is 8.63. The molecule has 0 aliphatic heterocycles. The number of amides is 1. The van der Waals surface area contributed by atoms with Crippen molar-refractivity contribution in [2.75, 3.05) is 20.6 Å². The van der Waals surface area contributed by atoms with E-state index >= 15 is 0 Å². The molecule has 1 heterocycles. The zero-order valence-corrected chi connectivity index (χ0v) is 14.0. The van der Waals surface area contributed by atoms with E-state index in [1.807, 2.05) is 20.2 Å². The van der Waals surface area contributed by atoms with Gasteiger partial charge in [0.2, 0.25) is 0 Å². The maximum absolute atomic E-state index is 12.4. The second kappa shape index (κ2) is 6.63. The molecule has 0 bridgehead atoms. The molecule has 1 unspecified atom stereocenters. The molecule has 1 amide bonds. The van der Waals surface area contributed by atoms with Crippen LogP contribution in [0.15, 0.2) is 35.7 Å². The number of hydrogen-bond acceptors (Lipinski definition) is 3. The van der Waals surface area contributed by atoms with Crippen LogP contribution in [0, 0.1) is 0 Å². The third-order valence-corrected chi connectivity index (χ3v) is 5.29. The van der Waals surface area contributed by atoms with Crippen LogP contribution in [-0.4, -0.2) is 31.4 Å². The topological polar surface area (TPSA) is 32.3 Å². The van der Waals surface area contributed by atoms with E-state index in [9.17, 15) is 4.79 Å². The molecule has 0 spiro atoms. The predicted octanol–water partition coefficient (Wildman–Crippen LogP) is 3.27. The molecule has 1 aromatic heterocycles. The summed E-state index contributed by atoms with van der Waals surface area (Å²) in [5, 5.41) is 5.16. The van der Waals surface area contributed by atoms with Crippen LogP contribution in [0.5, 0.6) is 0 Å². The van der Waals surface area contributed by atoms with Crippen molar-refractivity contribution in [3.05, 3.63) is 57.3 Å². The fourth-order valence-corrected chi connectivity index (χ4v) is 3.95. The minimum atomic E-state index is 0.0260. The fraction of sp³-hybridized carbons (Fsp3) is 0.389. The molecule has 0 saturated carbocycles. The van der Waals surface area contributed by atoms with Crippen LogP contribution in [0.3, 0.4) is 0 Å². The molecule has 116 valence electrons. The highest BCUT2D eigenvalue weighted by atomic mass is 32.1. The van der Waals surface area contributed by atoms with Gasteiger partial charge in [-0.15, -0.1) is 11.3 Å². The summed E-state index contributed by atoms with van der Waals surface area (Å²) in [4.78, 5) is 15.8. The van der Waals surface area contributed by atoms with E-state index in [1.54, 1.807) is 11.3 Å². The molecule has 0 saturated heterocycles. The molecule has 1 N–H and O–H groups in total. The van der Waals surface area contributed by atoms with Crippen molar-refractivity contribution in [2.24, 2.45) is 0 Å². The minimum Gasteiger partial charge on any atom is -0.350 e. The summed E-state index contributed by atoms with van der Waals surface area (Å²) >= 11 is 1.73. The molecule has 1 aliphatic carbocycles. The molecule has 22 heavy (non-hydrogen) atoms. The van der Waals surface area contributed by atoms with Crippen LogP contribution in [0.1, 0.15) is 38.8 Å². The molecule has 0 fully saturated rings. The van der Waals surface area contributed by atoms with Gasteiger partial charge >= 0.3 is 0 Å². The average Bonchev–Trinajstić information content (AvgIpc) is 3.17. The quantitative estimate of drug-likeness (QED) is 0.918. The Labute approximate surface area is 136 Å². The van der Waals surface area contributed by atoms with E-state index in [0.29, 0.717) is 6.54 Å². The summed E-state index contributed by atoms with van der Waals surface area (Å²) in [6.07, 6.45) is 3.46. The van der Waals surface area contributed by atoms with Crippen molar-refractivity contribution in [2.45, 2.75) is 25.3 Å². The first kappa shape index (κ1) is 15.3. The molecule has 0 radical (unpaired) electrons. The standard InChI is InChI=1S/C18H22N2OS/c1-20(2)16(17-7-4-10-22-17)12-19-18(21)15-9-8-13-5-3-6-14(13)11-15/h4,7-11,16H,3,5-6,12H2,1-2H3,(H,19,21). The Kier molecular flexibility index (Phi) is 4.60. The number of hydrogen-bond donors (Lipinski definition) is 1. The maximum Gasteiger partial charge on any atom is 0.251 e. The first-order valence-electron chi connectivity index (χ1n) is 7.75. The van der Waals surface area contributed by atoms with Crippen LogP contribution in [0.4, 0.5) is 0 Å². The van der Waals surface area contributed by atoms with Gasteiger partial charge in [0, 0.05) is 17.0 Å². The third-order valence-electron chi connectivity index (χ3n) is 4.31. The molecule has 4 heteroatoms. The van der Waals surface area contributed by atoms with Crippen LogP contribution in [0.25, 0.3) is 0 Å². The highest BCUT2D eigenvalue weighted by Crippen LogP contribution is 2.24. The van der Waals surface area contributed by atoms with Gasteiger partial charge < -0.3 is 10.2 Å². The van der Waals surface area contributed by atoms with Gasteiger partial charge in [0.1, 0.15) is 0 Å². The third kappa shape index (κ3) is 3.23. The number of fused-ring (bicyclic) bond motifs is 1. The normalized spacial score (nSPS) is 14.9. The number of nitrogens with zero attached hydrogens (tertiary/aromatic N) is 1. The highest BCUT2D eigenvalue weighted by molar-refractivity contribution is 7.10. The first-order chi connectivity index (χ1) is 10.6. The number of thiophene rings is 1. The van der Waals surface area contributed by atoms with Gasteiger partial charge in [-0.05, 0) is 68.1 Å². The van der Waals surface area contributed by atoms with Gasteiger partial charge in [0.05, 0.1) is 6.04 Å². The lowest BCUT2D eigenvalue weighted by Crippen LogP contribution is -2.34. The molecule has 3 rings (SSSR count). The van der Waals surface area contributed by atoms with E-state index < -0.39 is 0 Å². The maximum atomic E-state index is 12.4. The summed E-state index contributed by atoms with van der Waals surface area (Å²) in [6.45, 7) is 0.628. The van der Waals surface area contributed by atoms with E-state index in [0.717, 1.165) is 18.4 Å². The predicted molar refractivity (Wildman–Crippen MR) is 91.5 cm³/mol. The number of rotatable bonds is 5. The number of nitrogens with one attached hydrogen (secondary N) is 1. The van der Waals surface area contributed by atoms with Crippen molar-refractivity contribution < 1.29 is 4.79 Å². The molecular formula is C18H22N2OS. The number of likely N-dealkylation sites (N-methyl/N-ethyl adjacent to an activating group) is 1. The van der Waals surface area contributed by atoms with Gasteiger partial charge in [0.25, 0.3) is 5.91 Å². The Bertz CT molecular complexity index is 649. The molecule has 1 atom stereocenters. The van der Waals surface area contributed by atoms with Crippen molar-refractivity contribution in [3.63, 3.8) is 0 Å². The lowest BCUT2D eigenvalue weighted by molar-refractivity contribution is 0.0942. The molecule has 1 aromatic carbocycles. The van der Waals surface area contributed by atoms with Crippen LogP contribution in [0.2, 0.25) is 0 Å². The summed E-state index contributed by atoms with van der Waals surface area (Å²) in [5.41, 5.74) is 3.53. The lowest BCUT2D eigenvalue weighted by Gasteiger charge is -2.23. The molecule has 3 nitrogen and oxygen atoms in total. The largest absolute Gasteiger partial charge is 0.350 e. The van der Waals surface area contributed by atoms with E-state index in [4.69, 9.17) is 0 Å². The van der Waals surface area contributed by atoms with Crippen LogP contribution in [-0.2, 0) is 12.8 Å². The summed E-state index contributed by atoms with van der Waals surface area (Å²) in [7, 11) is 4.10. The SMILES string of the molecule is CN(C)C(CNC(=O)c1ccc2c(c1)CCC2)c1cccs1. The Balaban J connectivity index is 1.66. The fourth-order valence-electron chi connectivity index (χ4n) is 3.02. The van der Waals surface area contributed by atoms with Gasteiger partial charge in [0.15, 0.2) is 0 Å². The highest BCUT2D eigenvalue weighted by Gasteiger charge is 2.18. The van der Waals surface area contributed by atoms with Crippen LogP contribution >= 0.6 is 11.3 Å². The summed E-state index contributed by atoms with van der Waals surface area (Å²) in [5.74, 6) is 0.0260. The van der Waals surface area contributed by atoms with Gasteiger partial charge in [-0.1, -0.05) is 12.1 Å². The molecular weight excluding hydrogens is 292 g/mol. The van der Waals surface area contributed by atoms with Crippen molar-refractivity contribution >= 4 is 17.2 Å².